The number of rotatable bonds is 5. The number of anilines is 1. The molecular weight excluding hydrogens is 344 g/mol. The van der Waals surface area contributed by atoms with Crippen molar-refractivity contribution in [1.82, 2.24) is 15.0 Å². The lowest BCUT2D eigenvalue weighted by Crippen LogP contribution is -2.42. The lowest BCUT2D eigenvalue weighted by atomic mass is 10.1. The van der Waals surface area contributed by atoms with E-state index in [9.17, 15) is 8.42 Å². The maximum atomic E-state index is 12.6. The van der Waals surface area contributed by atoms with Crippen LogP contribution < -0.4 is 15.4 Å². The van der Waals surface area contributed by atoms with E-state index in [1.54, 1.807) is 12.3 Å². The predicted octanol–water partition coefficient (Wildman–Crippen LogP) is 2.78. The van der Waals surface area contributed by atoms with E-state index in [0.717, 1.165) is 12.8 Å². The molecule has 8 heteroatoms. The highest BCUT2D eigenvalue weighted by molar-refractivity contribution is 7.92. The van der Waals surface area contributed by atoms with E-state index in [1.165, 1.54) is 31.9 Å². The molecule has 0 saturated heterocycles. The summed E-state index contributed by atoms with van der Waals surface area (Å²) in [4.78, 5) is 4.10. The van der Waals surface area contributed by atoms with Crippen molar-refractivity contribution in [3.8, 4) is 0 Å². The first kappa shape index (κ1) is 18.9. The van der Waals surface area contributed by atoms with Crippen LogP contribution in [0.4, 0.5) is 5.69 Å². The molecule has 1 aromatic heterocycles. The van der Waals surface area contributed by atoms with Crippen LogP contribution in [0.25, 0.3) is 0 Å². The molecule has 0 atom stereocenters. The van der Waals surface area contributed by atoms with E-state index in [4.69, 9.17) is 12.2 Å². The van der Waals surface area contributed by atoms with Gasteiger partial charge in [-0.25, -0.2) is 8.42 Å². The van der Waals surface area contributed by atoms with E-state index in [0.29, 0.717) is 11.7 Å². The molecule has 1 heterocycles. The topological polar surface area (TPSA) is 83.1 Å². The SMILES string of the molecule is CC(C)NC(=S)NS(=O)(=O)c1cnccc1NC1CCCCCC1. The Balaban J connectivity index is 2.16. The fourth-order valence-corrected chi connectivity index (χ4v) is 4.42. The Labute approximate surface area is 149 Å². The normalized spacial score (nSPS) is 16.5. The van der Waals surface area contributed by atoms with Gasteiger partial charge in [0.2, 0.25) is 0 Å². The molecule has 0 spiro atoms. The first-order valence-corrected chi connectivity index (χ1v) is 10.3. The molecule has 24 heavy (non-hydrogen) atoms. The standard InChI is InChI=1S/C16H26N4O2S2/c1-12(2)18-16(23)20-24(21,22)15-11-17-10-9-14(15)19-13-7-5-3-4-6-8-13/h9-13H,3-8H2,1-2H3,(H,17,19)(H2,18,20,23). The smallest absolute Gasteiger partial charge is 0.267 e. The largest absolute Gasteiger partial charge is 0.381 e. The summed E-state index contributed by atoms with van der Waals surface area (Å²) in [6.45, 7) is 3.79. The summed E-state index contributed by atoms with van der Waals surface area (Å²) in [6.07, 6.45) is 9.91. The van der Waals surface area contributed by atoms with Crippen LogP contribution in [0.15, 0.2) is 23.4 Å². The number of hydrogen-bond donors (Lipinski definition) is 3. The lowest BCUT2D eigenvalue weighted by Gasteiger charge is -2.20. The van der Waals surface area contributed by atoms with Gasteiger partial charge < -0.3 is 10.6 Å². The highest BCUT2D eigenvalue weighted by Gasteiger charge is 2.22. The number of nitrogens with one attached hydrogen (secondary N) is 3. The average molecular weight is 371 g/mol. The van der Waals surface area contributed by atoms with Gasteiger partial charge in [0.15, 0.2) is 5.11 Å². The molecular formula is C16H26N4O2S2. The third-order valence-electron chi connectivity index (χ3n) is 3.94. The van der Waals surface area contributed by atoms with Gasteiger partial charge in [-0.15, -0.1) is 0 Å². The highest BCUT2D eigenvalue weighted by atomic mass is 32.2. The fourth-order valence-electron chi connectivity index (χ4n) is 2.83. The van der Waals surface area contributed by atoms with Crippen molar-refractivity contribution in [3.63, 3.8) is 0 Å². The second kappa shape index (κ2) is 8.62. The van der Waals surface area contributed by atoms with E-state index >= 15 is 0 Å². The van der Waals surface area contributed by atoms with Crippen molar-refractivity contribution in [2.75, 3.05) is 5.32 Å². The molecule has 2 rings (SSSR count). The highest BCUT2D eigenvalue weighted by Crippen LogP contribution is 2.25. The number of aromatic nitrogens is 1. The van der Waals surface area contributed by atoms with Crippen molar-refractivity contribution in [1.29, 1.82) is 0 Å². The summed E-state index contributed by atoms with van der Waals surface area (Å²) in [7, 11) is -3.77. The zero-order valence-corrected chi connectivity index (χ0v) is 15.8. The van der Waals surface area contributed by atoms with Crippen molar-refractivity contribution >= 4 is 33.0 Å². The van der Waals surface area contributed by atoms with Crippen molar-refractivity contribution < 1.29 is 8.42 Å². The first-order valence-electron chi connectivity index (χ1n) is 8.42. The molecule has 0 aromatic carbocycles. The van der Waals surface area contributed by atoms with E-state index < -0.39 is 10.0 Å². The molecule has 1 fully saturated rings. The van der Waals surface area contributed by atoms with E-state index in [2.05, 4.69) is 20.3 Å². The minimum absolute atomic E-state index is 0.0534. The zero-order valence-electron chi connectivity index (χ0n) is 14.2. The molecule has 0 radical (unpaired) electrons. The molecule has 0 amide bonds. The fraction of sp³-hybridized carbons (Fsp3) is 0.625. The lowest BCUT2D eigenvalue weighted by molar-refractivity contribution is 0.589. The van der Waals surface area contributed by atoms with Gasteiger partial charge in [-0.1, -0.05) is 25.7 Å². The molecule has 1 aliphatic carbocycles. The summed E-state index contributed by atoms with van der Waals surface area (Å²) >= 11 is 5.06. The van der Waals surface area contributed by atoms with Gasteiger partial charge in [0.1, 0.15) is 4.90 Å². The molecule has 0 bridgehead atoms. The average Bonchev–Trinajstić information content (AvgIpc) is 2.75. The van der Waals surface area contributed by atoms with Gasteiger partial charge in [0.05, 0.1) is 5.69 Å². The van der Waals surface area contributed by atoms with Crippen molar-refractivity contribution in [3.05, 3.63) is 18.5 Å². The summed E-state index contributed by atoms with van der Waals surface area (Å²) < 4.78 is 27.7. The summed E-state index contributed by atoms with van der Waals surface area (Å²) in [5.74, 6) is 0. The number of pyridine rings is 1. The van der Waals surface area contributed by atoms with Crippen molar-refractivity contribution in [2.24, 2.45) is 0 Å². The number of hydrogen-bond acceptors (Lipinski definition) is 5. The van der Waals surface area contributed by atoms with E-state index in [1.807, 2.05) is 13.8 Å². The maximum absolute atomic E-state index is 12.6. The third kappa shape index (κ3) is 5.59. The quantitative estimate of drug-likeness (QED) is 0.546. The van der Waals surface area contributed by atoms with Crippen LogP contribution in [0.5, 0.6) is 0 Å². The molecule has 0 unspecified atom stereocenters. The Hall–Kier alpha value is -1.41. The van der Waals surface area contributed by atoms with Crippen LogP contribution in [0.2, 0.25) is 0 Å². The minimum atomic E-state index is -3.77. The Morgan fingerprint density at radius 1 is 1.25 bits per heavy atom. The molecule has 6 nitrogen and oxygen atoms in total. The number of sulfonamides is 1. The van der Waals surface area contributed by atoms with Gasteiger partial charge in [-0.05, 0) is 45.0 Å². The monoisotopic (exact) mass is 370 g/mol. The van der Waals surface area contributed by atoms with Gasteiger partial charge in [-0.2, -0.15) is 0 Å². The summed E-state index contributed by atoms with van der Waals surface area (Å²) in [5, 5.41) is 6.36. The van der Waals surface area contributed by atoms with Gasteiger partial charge in [0.25, 0.3) is 10.0 Å². The summed E-state index contributed by atoms with van der Waals surface area (Å²) in [5.41, 5.74) is 0.580. The third-order valence-corrected chi connectivity index (χ3v) is 5.66. The minimum Gasteiger partial charge on any atom is -0.381 e. The van der Waals surface area contributed by atoms with Crippen LogP contribution in [0.3, 0.4) is 0 Å². The molecule has 134 valence electrons. The first-order chi connectivity index (χ1) is 11.4. The van der Waals surface area contributed by atoms with Crippen LogP contribution in [0, 0.1) is 0 Å². The number of nitrogens with zero attached hydrogens (tertiary/aromatic N) is 1. The Kier molecular flexibility index (Phi) is 6.79. The second-order valence-corrected chi connectivity index (χ2v) is 8.50. The van der Waals surface area contributed by atoms with Gasteiger partial charge >= 0.3 is 0 Å². The van der Waals surface area contributed by atoms with Crippen molar-refractivity contribution in [2.45, 2.75) is 69.4 Å². The van der Waals surface area contributed by atoms with Crippen LogP contribution in [-0.2, 0) is 10.0 Å². The molecule has 3 N–H and O–H groups in total. The van der Waals surface area contributed by atoms with E-state index in [-0.39, 0.29) is 16.0 Å². The van der Waals surface area contributed by atoms with Gasteiger partial charge in [0, 0.05) is 24.5 Å². The Morgan fingerprint density at radius 2 is 1.92 bits per heavy atom. The molecule has 0 aliphatic heterocycles. The summed E-state index contributed by atoms with van der Waals surface area (Å²) in [6, 6.07) is 2.06. The second-order valence-electron chi connectivity index (χ2n) is 6.44. The zero-order chi connectivity index (χ0) is 17.6. The Morgan fingerprint density at radius 3 is 2.54 bits per heavy atom. The Bertz CT molecular complexity index is 654. The van der Waals surface area contributed by atoms with Crippen LogP contribution in [-0.4, -0.2) is 30.6 Å². The number of thiocarbonyl (C=S) groups is 1. The molecule has 1 aromatic rings. The predicted molar refractivity (Wildman–Crippen MR) is 101 cm³/mol. The maximum Gasteiger partial charge on any atom is 0.267 e. The van der Waals surface area contributed by atoms with Crippen LogP contribution in [0.1, 0.15) is 52.4 Å². The van der Waals surface area contributed by atoms with Gasteiger partial charge in [-0.3, -0.25) is 9.71 Å². The molecule has 1 saturated carbocycles. The molecule has 1 aliphatic rings. The van der Waals surface area contributed by atoms with Crippen LogP contribution >= 0.6 is 12.2 Å².